The van der Waals surface area contributed by atoms with Gasteiger partial charge in [0.15, 0.2) is 22.9 Å². The zero-order valence-electron chi connectivity index (χ0n) is 17.6. The molecule has 1 unspecified atom stereocenters. The van der Waals surface area contributed by atoms with E-state index in [1.165, 1.54) is 43.4 Å². The number of rotatable bonds is 8. The molecule has 0 saturated carbocycles. The molecule has 0 bridgehead atoms. The van der Waals surface area contributed by atoms with Gasteiger partial charge in [0.1, 0.15) is 5.82 Å². The molecule has 0 aliphatic carbocycles. The third kappa shape index (κ3) is 3.62. The van der Waals surface area contributed by atoms with Gasteiger partial charge in [-0.2, -0.15) is 0 Å². The maximum atomic E-state index is 14.7. The van der Waals surface area contributed by atoms with Crippen LogP contribution >= 0.6 is 0 Å². The number of benzene rings is 2. The summed E-state index contributed by atoms with van der Waals surface area (Å²) in [6.45, 7) is 0.529. The summed E-state index contributed by atoms with van der Waals surface area (Å²) in [4.78, 5) is 27.6. The topological polar surface area (TPSA) is 89.2 Å². The van der Waals surface area contributed by atoms with E-state index >= 15 is 0 Å². The van der Waals surface area contributed by atoms with Crippen molar-refractivity contribution in [2.24, 2.45) is 0 Å². The SMILES string of the molecule is COCCCN1C(=O)C(O)=C(C(=O)c2cc3cccc(OC)c3o2)C1c1ccccc1F. The van der Waals surface area contributed by atoms with Crippen LogP contribution in [0.15, 0.2) is 64.3 Å². The molecule has 2 heterocycles. The summed E-state index contributed by atoms with van der Waals surface area (Å²) in [6.07, 6.45) is 0.448. The Hall–Kier alpha value is -3.65. The number of carbonyl (C=O) groups excluding carboxylic acids is 2. The Balaban J connectivity index is 1.80. The average Bonchev–Trinajstić information content (AvgIpc) is 3.34. The number of furan rings is 1. The number of carbonyl (C=O) groups is 2. The fourth-order valence-corrected chi connectivity index (χ4v) is 3.96. The Morgan fingerprint density at radius 1 is 1.19 bits per heavy atom. The van der Waals surface area contributed by atoms with Crippen molar-refractivity contribution in [3.63, 3.8) is 0 Å². The highest BCUT2D eigenvalue weighted by atomic mass is 19.1. The molecule has 8 heteroatoms. The number of hydrogen-bond donors (Lipinski definition) is 1. The predicted octanol–water partition coefficient (Wildman–Crippen LogP) is 4.20. The molecule has 1 amide bonds. The van der Waals surface area contributed by atoms with Gasteiger partial charge in [0.25, 0.3) is 5.91 Å². The van der Waals surface area contributed by atoms with Crippen molar-refractivity contribution in [2.45, 2.75) is 12.5 Å². The molecule has 0 fully saturated rings. The number of Topliss-reactive ketones (excluding diaryl/α,β-unsaturated/α-hetero) is 1. The van der Waals surface area contributed by atoms with Gasteiger partial charge in [0, 0.05) is 31.2 Å². The third-order valence-corrected chi connectivity index (χ3v) is 5.45. The Kier molecular flexibility index (Phi) is 5.96. The van der Waals surface area contributed by atoms with Crippen LogP contribution in [0.1, 0.15) is 28.6 Å². The van der Waals surface area contributed by atoms with Crippen LogP contribution in [0.5, 0.6) is 5.75 Å². The lowest BCUT2D eigenvalue weighted by Gasteiger charge is -2.26. The lowest BCUT2D eigenvalue weighted by Crippen LogP contribution is -2.33. The molecule has 32 heavy (non-hydrogen) atoms. The maximum Gasteiger partial charge on any atom is 0.290 e. The second-order valence-electron chi connectivity index (χ2n) is 7.35. The molecule has 0 radical (unpaired) electrons. The molecule has 1 aliphatic rings. The van der Waals surface area contributed by atoms with Crippen molar-refractivity contribution in [3.8, 4) is 5.75 Å². The number of aliphatic hydroxyl groups excluding tert-OH is 1. The van der Waals surface area contributed by atoms with Crippen molar-refractivity contribution < 1.29 is 33.0 Å². The first-order valence-corrected chi connectivity index (χ1v) is 10.1. The molecule has 4 rings (SSSR count). The van der Waals surface area contributed by atoms with E-state index in [0.717, 1.165) is 0 Å². The van der Waals surface area contributed by atoms with Crippen LogP contribution in [-0.2, 0) is 9.53 Å². The van der Waals surface area contributed by atoms with Crippen LogP contribution in [0.2, 0.25) is 0 Å². The lowest BCUT2D eigenvalue weighted by atomic mass is 9.94. The quantitative estimate of drug-likeness (QED) is 0.418. The maximum absolute atomic E-state index is 14.7. The molecule has 166 valence electrons. The first-order valence-electron chi connectivity index (χ1n) is 10.1. The van der Waals surface area contributed by atoms with E-state index in [0.29, 0.717) is 29.7 Å². The van der Waals surface area contributed by atoms with Crippen molar-refractivity contribution in [1.29, 1.82) is 0 Å². The van der Waals surface area contributed by atoms with E-state index in [1.807, 2.05) is 0 Å². The molecule has 1 atom stereocenters. The van der Waals surface area contributed by atoms with Gasteiger partial charge < -0.3 is 23.9 Å². The molecule has 2 aromatic carbocycles. The fraction of sp³-hybridized carbons (Fsp3) is 0.250. The highest BCUT2D eigenvalue weighted by Crippen LogP contribution is 2.41. The lowest BCUT2D eigenvalue weighted by molar-refractivity contribution is -0.129. The number of ether oxygens (including phenoxy) is 2. The Labute approximate surface area is 183 Å². The molecule has 7 nitrogen and oxygen atoms in total. The number of aliphatic hydroxyl groups is 1. The van der Waals surface area contributed by atoms with Crippen LogP contribution in [-0.4, -0.2) is 49.1 Å². The van der Waals surface area contributed by atoms with E-state index in [4.69, 9.17) is 13.9 Å². The Morgan fingerprint density at radius 2 is 1.97 bits per heavy atom. The van der Waals surface area contributed by atoms with Gasteiger partial charge in [0.05, 0.1) is 18.7 Å². The second kappa shape index (κ2) is 8.84. The number of para-hydroxylation sites is 1. The summed E-state index contributed by atoms with van der Waals surface area (Å²) in [7, 11) is 3.01. The van der Waals surface area contributed by atoms with Crippen LogP contribution in [0, 0.1) is 5.82 Å². The van der Waals surface area contributed by atoms with Gasteiger partial charge >= 0.3 is 0 Å². The molecule has 0 spiro atoms. The zero-order valence-corrected chi connectivity index (χ0v) is 17.6. The van der Waals surface area contributed by atoms with Gasteiger partial charge in [-0.15, -0.1) is 0 Å². The summed E-state index contributed by atoms with van der Waals surface area (Å²) < 4.78 is 30.8. The first-order chi connectivity index (χ1) is 15.5. The Morgan fingerprint density at radius 3 is 2.69 bits per heavy atom. The van der Waals surface area contributed by atoms with Crippen molar-refractivity contribution in [1.82, 2.24) is 4.90 Å². The molecule has 1 N–H and O–H groups in total. The molecule has 0 saturated heterocycles. The second-order valence-corrected chi connectivity index (χ2v) is 7.35. The van der Waals surface area contributed by atoms with Crippen LogP contribution in [0.25, 0.3) is 11.0 Å². The number of methoxy groups -OCH3 is 2. The number of amides is 1. The van der Waals surface area contributed by atoms with Crippen LogP contribution in [0.4, 0.5) is 4.39 Å². The van der Waals surface area contributed by atoms with Crippen LogP contribution in [0.3, 0.4) is 0 Å². The summed E-state index contributed by atoms with van der Waals surface area (Å²) in [6, 6.07) is 11.5. The molecule has 1 aliphatic heterocycles. The Bertz CT molecular complexity index is 1210. The molecule has 1 aromatic heterocycles. The third-order valence-electron chi connectivity index (χ3n) is 5.45. The number of nitrogens with zero attached hydrogens (tertiary/aromatic N) is 1. The predicted molar refractivity (Wildman–Crippen MR) is 114 cm³/mol. The monoisotopic (exact) mass is 439 g/mol. The normalized spacial score (nSPS) is 16.3. The molecule has 3 aromatic rings. The number of ketones is 1. The van der Waals surface area contributed by atoms with Crippen molar-refractivity contribution >= 4 is 22.7 Å². The number of halogens is 1. The minimum Gasteiger partial charge on any atom is -0.503 e. The number of fused-ring (bicyclic) bond motifs is 1. The standard InChI is InChI=1S/C24H22FNO6/c1-30-12-6-11-26-20(15-8-3-4-9-16(15)25)19(22(28)24(26)29)21(27)18-13-14-7-5-10-17(31-2)23(14)32-18/h3-5,7-10,13,20,28H,6,11-12H2,1-2H3. The summed E-state index contributed by atoms with van der Waals surface area (Å²) in [5.74, 6) is -2.39. The van der Waals surface area contributed by atoms with Gasteiger partial charge in [-0.05, 0) is 24.6 Å². The van der Waals surface area contributed by atoms with E-state index in [9.17, 15) is 19.1 Å². The van der Waals surface area contributed by atoms with Crippen molar-refractivity contribution in [3.05, 3.63) is 77.0 Å². The highest BCUT2D eigenvalue weighted by molar-refractivity contribution is 6.16. The smallest absolute Gasteiger partial charge is 0.290 e. The van der Waals surface area contributed by atoms with Crippen molar-refractivity contribution in [2.75, 3.05) is 27.4 Å². The molecular weight excluding hydrogens is 417 g/mol. The highest BCUT2D eigenvalue weighted by Gasteiger charge is 2.45. The van der Waals surface area contributed by atoms with Gasteiger partial charge in [0.2, 0.25) is 5.78 Å². The minimum absolute atomic E-state index is 0.0843. The summed E-state index contributed by atoms with van der Waals surface area (Å²) in [5, 5.41) is 11.3. The number of hydrogen-bond acceptors (Lipinski definition) is 6. The van der Waals surface area contributed by atoms with E-state index in [-0.39, 0.29) is 23.4 Å². The van der Waals surface area contributed by atoms with E-state index in [1.54, 1.807) is 24.3 Å². The van der Waals surface area contributed by atoms with Gasteiger partial charge in [-0.25, -0.2) is 4.39 Å². The summed E-state index contributed by atoms with van der Waals surface area (Å²) in [5.41, 5.74) is 0.247. The van der Waals surface area contributed by atoms with E-state index in [2.05, 4.69) is 0 Å². The van der Waals surface area contributed by atoms with E-state index < -0.39 is 29.3 Å². The minimum atomic E-state index is -1.09. The molecular formula is C24H22FNO6. The first kappa shape index (κ1) is 21.6. The zero-order chi connectivity index (χ0) is 22.8. The fourth-order valence-electron chi connectivity index (χ4n) is 3.96. The van der Waals surface area contributed by atoms with Gasteiger partial charge in [-0.3, -0.25) is 9.59 Å². The summed E-state index contributed by atoms with van der Waals surface area (Å²) >= 11 is 0. The van der Waals surface area contributed by atoms with Crippen LogP contribution < -0.4 is 4.74 Å². The largest absolute Gasteiger partial charge is 0.503 e. The average molecular weight is 439 g/mol. The van der Waals surface area contributed by atoms with Gasteiger partial charge in [-0.1, -0.05) is 30.3 Å².